The maximum absolute atomic E-state index is 14.4. The zero-order chi connectivity index (χ0) is 27.5. The first-order valence-electron chi connectivity index (χ1n) is 12.6. The van der Waals surface area contributed by atoms with Crippen molar-refractivity contribution in [1.29, 1.82) is 0 Å². The lowest BCUT2D eigenvalue weighted by Crippen LogP contribution is -2.41. The second kappa shape index (κ2) is 11.3. The Balaban J connectivity index is 1.61. The fourth-order valence-electron chi connectivity index (χ4n) is 3.89. The average Bonchev–Trinajstić information content (AvgIpc) is 3.36. The molecule has 200 valence electrons. The first-order chi connectivity index (χ1) is 17.9. The lowest BCUT2D eigenvalue weighted by molar-refractivity contribution is 0.263. The molecule has 7 nitrogen and oxygen atoms in total. The third-order valence-corrected chi connectivity index (χ3v) is 12.0. The van der Waals surface area contributed by atoms with Crippen LogP contribution in [0.4, 0.5) is 10.3 Å². The Morgan fingerprint density at radius 2 is 2.00 bits per heavy atom. The van der Waals surface area contributed by atoms with Crippen LogP contribution < -0.4 is 10.9 Å². The fourth-order valence-corrected chi connectivity index (χ4v) is 5.06. The van der Waals surface area contributed by atoms with Gasteiger partial charge in [-0.25, -0.2) is 14.4 Å². The van der Waals surface area contributed by atoms with Gasteiger partial charge < -0.3 is 14.3 Å². The summed E-state index contributed by atoms with van der Waals surface area (Å²) in [5.74, 6) is -0.0892. The number of aromatic nitrogens is 3. The highest BCUT2D eigenvalue weighted by Crippen LogP contribution is 2.37. The van der Waals surface area contributed by atoms with E-state index in [1.807, 2.05) is 12.1 Å². The van der Waals surface area contributed by atoms with Crippen molar-refractivity contribution in [1.82, 2.24) is 14.5 Å². The molecule has 2 aromatic heterocycles. The molecular weight excluding hydrogens is 521 g/mol. The summed E-state index contributed by atoms with van der Waals surface area (Å²) in [6.45, 7) is 11.9. The fraction of sp³-hybridized carbons (Fsp3) is 0.357. The summed E-state index contributed by atoms with van der Waals surface area (Å²) in [5, 5.41) is 3.24. The number of pyridine rings is 1. The van der Waals surface area contributed by atoms with Crippen LogP contribution in [-0.4, -0.2) is 42.2 Å². The smallest absolute Gasteiger partial charge is 0.251 e. The van der Waals surface area contributed by atoms with Crippen molar-refractivity contribution < 1.29 is 8.82 Å². The van der Waals surface area contributed by atoms with Gasteiger partial charge in [0.05, 0.1) is 23.3 Å². The van der Waals surface area contributed by atoms with E-state index in [4.69, 9.17) is 16.0 Å². The monoisotopic (exact) mass is 553 g/mol. The molecule has 0 saturated carbocycles. The lowest BCUT2D eigenvalue weighted by atomic mass is 10.0. The summed E-state index contributed by atoms with van der Waals surface area (Å²) >= 11 is 5.94. The van der Waals surface area contributed by atoms with Gasteiger partial charge in [0.15, 0.2) is 8.32 Å². The molecule has 3 aromatic rings. The molecule has 0 unspecified atom stereocenters. The van der Waals surface area contributed by atoms with E-state index in [1.54, 1.807) is 35.3 Å². The molecule has 0 amide bonds. The molecular formula is C28H33ClFN5O2Si. The predicted octanol–water partition coefficient (Wildman–Crippen LogP) is 6.48. The molecule has 1 aliphatic rings. The van der Waals surface area contributed by atoms with E-state index < -0.39 is 20.2 Å². The minimum absolute atomic E-state index is 0.0424. The van der Waals surface area contributed by atoms with Crippen LogP contribution in [0, 0.1) is 5.82 Å². The Hall–Kier alpha value is -3.14. The summed E-state index contributed by atoms with van der Waals surface area (Å²) in [5.41, 5.74) is 2.60. The normalized spacial score (nSPS) is 14.4. The molecule has 0 spiro atoms. The maximum atomic E-state index is 14.4. The molecule has 0 fully saturated rings. The van der Waals surface area contributed by atoms with Crippen LogP contribution in [0.15, 0.2) is 70.4 Å². The van der Waals surface area contributed by atoms with Crippen molar-refractivity contribution in [2.24, 2.45) is 4.99 Å². The topological polar surface area (TPSA) is 81.4 Å². The van der Waals surface area contributed by atoms with Crippen molar-refractivity contribution >= 4 is 32.1 Å². The number of benzene rings is 1. The number of nitrogens with one attached hydrogen (secondary N) is 1. The number of halogens is 2. The number of hydrogen-bond donors (Lipinski definition) is 1. The average molecular weight is 554 g/mol. The van der Waals surface area contributed by atoms with Crippen molar-refractivity contribution in [3.63, 3.8) is 0 Å². The van der Waals surface area contributed by atoms with Crippen LogP contribution in [0.5, 0.6) is 0 Å². The second-order valence-electron chi connectivity index (χ2n) is 10.8. The molecule has 0 radical (unpaired) electrons. The highest BCUT2D eigenvalue weighted by molar-refractivity contribution is 6.74. The molecule has 10 heteroatoms. The van der Waals surface area contributed by atoms with Gasteiger partial charge in [0, 0.05) is 42.5 Å². The van der Waals surface area contributed by atoms with E-state index in [0.717, 1.165) is 5.70 Å². The van der Waals surface area contributed by atoms with Crippen molar-refractivity contribution in [3.05, 3.63) is 87.3 Å². The number of hydrogen-bond acceptors (Lipinski definition) is 6. The number of anilines is 1. The first-order valence-corrected chi connectivity index (χ1v) is 15.8. The Morgan fingerprint density at radius 1 is 1.21 bits per heavy atom. The Kier molecular flexibility index (Phi) is 8.30. The van der Waals surface area contributed by atoms with E-state index in [1.165, 1.54) is 18.2 Å². The Labute approximate surface area is 228 Å². The van der Waals surface area contributed by atoms with E-state index in [9.17, 15) is 9.18 Å². The van der Waals surface area contributed by atoms with Crippen LogP contribution in [0.2, 0.25) is 23.2 Å². The largest absolute Gasteiger partial charge is 0.417 e. The SMILES string of the molecule is CC(C)(C)[Si](C)(C)OCC[C@H](c1ccc(Cl)c(F)c1)n1ccc(-c2ccnc(NC3=CC=NC3)n2)cc1=O. The molecule has 1 atom stereocenters. The van der Waals surface area contributed by atoms with Gasteiger partial charge in [0.25, 0.3) is 5.56 Å². The minimum Gasteiger partial charge on any atom is -0.417 e. The molecule has 3 heterocycles. The Bertz CT molecular complexity index is 1430. The van der Waals surface area contributed by atoms with Gasteiger partial charge in [-0.05, 0) is 60.5 Å². The third kappa shape index (κ3) is 6.46. The van der Waals surface area contributed by atoms with Gasteiger partial charge >= 0.3 is 0 Å². The Morgan fingerprint density at radius 3 is 2.66 bits per heavy atom. The number of nitrogens with zero attached hydrogens (tertiary/aromatic N) is 4. The molecule has 38 heavy (non-hydrogen) atoms. The van der Waals surface area contributed by atoms with Crippen molar-refractivity contribution in [2.45, 2.75) is 51.4 Å². The van der Waals surface area contributed by atoms with Crippen LogP contribution in [0.3, 0.4) is 0 Å². The van der Waals surface area contributed by atoms with Gasteiger partial charge in [-0.3, -0.25) is 9.79 Å². The van der Waals surface area contributed by atoms with Crippen LogP contribution in [0.25, 0.3) is 11.3 Å². The van der Waals surface area contributed by atoms with E-state index >= 15 is 0 Å². The van der Waals surface area contributed by atoms with E-state index in [0.29, 0.717) is 42.3 Å². The predicted molar refractivity (Wildman–Crippen MR) is 154 cm³/mol. The lowest BCUT2D eigenvalue weighted by Gasteiger charge is -2.36. The quantitative estimate of drug-likeness (QED) is 0.307. The first kappa shape index (κ1) is 27.9. The number of aliphatic imine (C=N–C) groups is 1. The summed E-state index contributed by atoms with van der Waals surface area (Å²) in [6, 6.07) is 9.37. The standard InChI is InChI=1S/C28H33ClFN5O2Si/c1-28(2,3)38(4,5)37-15-11-25(20-6-7-22(29)23(30)16-20)35-14-10-19(17-26(35)36)24-9-13-32-27(34-24)33-21-8-12-31-18-21/h6-10,12-14,16-17,25H,11,15,18H2,1-5H3,(H,32,33,34)/t25-/m1/s1. The van der Waals surface area contributed by atoms with Crippen molar-refractivity contribution in [3.8, 4) is 11.3 Å². The number of rotatable bonds is 9. The molecule has 1 aromatic carbocycles. The maximum Gasteiger partial charge on any atom is 0.251 e. The van der Waals surface area contributed by atoms with Crippen molar-refractivity contribution in [2.75, 3.05) is 18.5 Å². The summed E-state index contributed by atoms with van der Waals surface area (Å²) in [4.78, 5) is 26.4. The molecule has 4 rings (SSSR count). The third-order valence-electron chi connectivity index (χ3n) is 7.14. The molecule has 0 bridgehead atoms. The zero-order valence-electron chi connectivity index (χ0n) is 22.3. The summed E-state index contributed by atoms with van der Waals surface area (Å²) in [6.07, 6.45) is 7.47. The van der Waals surface area contributed by atoms with Gasteiger partial charge in [-0.15, -0.1) is 0 Å². The van der Waals surface area contributed by atoms with E-state index in [2.05, 4.69) is 54.1 Å². The highest BCUT2D eigenvalue weighted by Gasteiger charge is 2.37. The van der Waals surface area contributed by atoms with Crippen LogP contribution in [0.1, 0.15) is 38.8 Å². The summed E-state index contributed by atoms with van der Waals surface area (Å²) in [7, 11) is -1.99. The number of allylic oxidation sites excluding steroid dienone is 1. The zero-order valence-corrected chi connectivity index (χ0v) is 24.1. The van der Waals surface area contributed by atoms with Gasteiger partial charge in [-0.2, -0.15) is 0 Å². The second-order valence-corrected chi connectivity index (χ2v) is 16.0. The minimum atomic E-state index is -1.99. The highest BCUT2D eigenvalue weighted by atomic mass is 35.5. The van der Waals surface area contributed by atoms with Gasteiger partial charge in [-0.1, -0.05) is 38.4 Å². The summed E-state index contributed by atoms with van der Waals surface area (Å²) < 4.78 is 22.4. The molecule has 0 aliphatic carbocycles. The molecule has 0 saturated heterocycles. The van der Waals surface area contributed by atoms with Gasteiger partial charge in [0.1, 0.15) is 5.82 Å². The van der Waals surface area contributed by atoms with Crippen LogP contribution >= 0.6 is 11.6 Å². The van der Waals surface area contributed by atoms with Crippen LogP contribution in [-0.2, 0) is 4.43 Å². The van der Waals surface area contributed by atoms with E-state index in [-0.39, 0.29) is 15.6 Å². The van der Waals surface area contributed by atoms with Gasteiger partial charge in [0.2, 0.25) is 5.95 Å². The molecule has 1 N–H and O–H groups in total. The molecule has 1 aliphatic heterocycles.